The van der Waals surface area contributed by atoms with Gasteiger partial charge in [0, 0.05) is 0 Å². The number of rotatable bonds is 7. The third kappa shape index (κ3) is 5.60. The smallest absolute Gasteiger partial charge is 0.290 e. The molecule has 0 bridgehead atoms. The number of imide groups is 1. The Hall–Kier alpha value is -2.77. The minimum absolute atomic E-state index is 0.0963. The summed E-state index contributed by atoms with van der Waals surface area (Å²) in [7, 11) is 0. The van der Waals surface area contributed by atoms with Gasteiger partial charge in [0.2, 0.25) is 0 Å². The van der Waals surface area contributed by atoms with E-state index in [2.05, 4.69) is 5.32 Å². The van der Waals surface area contributed by atoms with Gasteiger partial charge in [0.25, 0.3) is 11.1 Å². The first-order chi connectivity index (χ1) is 13.0. The monoisotopic (exact) mass is 385 g/mol. The fourth-order valence-corrected chi connectivity index (χ4v) is 2.98. The van der Waals surface area contributed by atoms with Crippen LogP contribution >= 0.6 is 11.8 Å². The van der Waals surface area contributed by atoms with E-state index in [0.717, 1.165) is 22.9 Å². The van der Waals surface area contributed by atoms with Gasteiger partial charge in [0.05, 0.1) is 4.91 Å². The second-order valence-corrected chi connectivity index (χ2v) is 7.02. The standard InChI is InChI=1S/C20H19NO5S/c1-13-2-6-16(7-3-13)25-11-15(22)12-26-17-8-4-14(5-9-17)10-18-19(23)21-20(24)27-18/h2-10,15,22H,11-12H2,1H3,(H,21,23,24)/t15-/m1/s1. The average Bonchev–Trinajstić information content (AvgIpc) is 2.97. The van der Waals surface area contributed by atoms with E-state index in [0.29, 0.717) is 16.4 Å². The number of amides is 2. The lowest BCUT2D eigenvalue weighted by atomic mass is 10.2. The Morgan fingerprint density at radius 2 is 1.56 bits per heavy atom. The van der Waals surface area contributed by atoms with Crippen LogP contribution in [-0.4, -0.2) is 35.6 Å². The molecule has 2 N–H and O–H groups in total. The second kappa shape index (κ2) is 8.75. The van der Waals surface area contributed by atoms with Crippen LogP contribution in [0.15, 0.2) is 53.4 Å². The average molecular weight is 385 g/mol. The number of benzene rings is 2. The van der Waals surface area contributed by atoms with E-state index in [4.69, 9.17) is 9.47 Å². The van der Waals surface area contributed by atoms with Crippen LogP contribution in [0.25, 0.3) is 6.08 Å². The van der Waals surface area contributed by atoms with Crippen LogP contribution in [-0.2, 0) is 4.79 Å². The number of thioether (sulfide) groups is 1. The molecule has 27 heavy (non-hydrogen) atoms. The number of nitrogens with one attached hydrogen (secondary N) is 1. The summed E-state index contributed by atoms with van der Waals surface area (Å²) in [6.07, 6.45) is 0.872. The number of aliphatic hydroxyl groups excluding tert-OH is 1. The maximum atomic E-state index is 11.5. The predicted molar refractivity (Wildman–Crippen MR) is 104 cm³/mol. The lowest BCUT2D eigenvalue weighted by molar-refractivity contribution is -0.115. The van der Waals surface area contributed by atoms with Gasteiger partial charge in [-0.25, -0.2) is 0 Å². The summed E-state index contributed by atoms with van der Waals surface area (Å²) in [5, 5.41) is 11.8. The molecular weight excluding hydrogens is 366 g/mol. The van der Waals surface area contributed by atoms with Crippen LogP contribution in [0.1, 0.15) is 11.1 Å². The third-order valence-electron chi connectivity index (χ3n) is 3.73. The Morgan fingerprint density at radius 3 is 2.07 bits per heavy atom. The molecule has 2 amide bonds. The SMILES string of the molecule is Cc1ccc(OC[C@@H](O)COc2ccc(C=C3SC(=O)NC3=O)cc2)cc1. The molecule has 1 fully saturated rings. The van der Waals surface area contributed by atoms with Crippen molar-refractivity contribution in [3.8, 4) is 11.5 Å². The maximum absolute atomic E-state index is 11.5. The number of ether oxygens (including phenoxy) is 2. The molecule has 0 radical (unpaired) electrons. The number of hydrogen-bond acceptors (Lipinski definition) is 6. The van der Waals surface area contributed by atoms with Crippen molar-refractivity contribution in [2.24, 2.45) is 0 Å². The van der Waals surface area contributed by atoms with Gasteiger partial charge in [-0.3, -0.25) is 14.9 Å². The first-order valence-corrected chi connectivity index (χ1v) is 9.16. The van der Waals surface area contributed by atoms with Crippen molar-refractivity contribution in [1.29, 1.82) is 0 Å². The number of carbonyl (C=O) groups excluding carboxylic acids is 2. The molecular formula is C20H19NO5S. The van der Waals surface area contributed by atoms with E-state index in [1.807, 2.05) is 31.2 Å². The Morgan fingerprint density at radius 1 is 1.00 bits per heavy atom. The molecule has 7 heteroatoms. The van der Waals surface area contributed by atoms with Crippen molar-refractivity contribution in [3.05, 3.63) is 64.6 Å². The summed E-state index contributed by atoms with van der Waals surface area (Å²) < 4.78 is 11.1. The number of carbonyl (C=O) groups is 2. The molecule has 0 aliphatic carbocycles. The minimum Gasteiger partial charge on any atom is -0.491 e. The molecule has 0 saturated carbocycles. The highest BCUT2D eigenvalue weighted by atomic mass is 32.2. The fraction of sp³-hybridized carbons (Fsp3) is 0.200. The van der Waals surface area contributed by atoms with Crippen molar-refractivity contribution >= 4 is 29.0 Å². The Kier molecular flexibility index (Phi) is 6.16. The first-order valence-electron chi connectivity index (χ1n) is 8.35. The van der Waals surface area contributed by atoms with Crippen molar-refractivity contribution < 1.29 is 24.2 Å². The zero-order valence-electron chi connectivity index (χ0n) is 14.7. The molecule has 1 aliphatic heterocycles. The minimum atomic E-state index is -0.766. The van der Waals surface area contributed by atoms with Crippen molar-refractivity contribution in [3.63, 3.8) is 0 Å². The highest BCUT2D eigenvalue weighted by Crippen LogP contribution is 2.26. The van der Waals surface area contributed by atoms with Crippen LogP contribution in [0.3, 0.4) is 0 Å². The molecule has 0 spiro atoms. The maximum Gasteiger partial charge on any atom is 0.290 e. The number of hydrogen-bond donors (Lipinski definition) is 2. The molecule has 2 aromatic carbocycles. The molecule has 1 saturated heterocycles. The molecule has 6 nitrogen and oxygen atoms in total. The summed E-state index contributed by atoms with van der Waals surface area (Å²) in [5.74, 6) is 0.900. The van der Waals surface area contributed by atoms with Gasteiger partial charge < -0.3 is 14.6 Å². The molecule has 140 valence electrons. The molecule has 1 aliphatic rings. The van der Waals surface area contributed by atoms with Gasteiger partial charge in [0.1, 0.15) is 30.8 Å². The van der Waals surface area contributed by atoms with E-state index in [-0.39, 0.29) is 24.4 Å². The highest BCUT2D eigenvalue weighted by molar-refractivity contribution is 8.18. The second-order valence-electron chi connectivity index (χ2n) is 6.01. The highest BCUT2D eigenvalue weighted by Gasteiger charge is 2.24. The predicted octanol–water partition coefficient (Wildman–Crippen LogP) is 3.14. The van der Waals surface area contributed by atoms with Crippen LogP contribution in [0.4, 0.5) is 4.79 Å². The molecule has 0 aromatic heterocycles. The lowest BCUT2D eigenvalue weighted by Crippen LogP contribution is -2.25. The molecule has 3 rings (SSSR count). The van der Waals surface area contributed by atoms with E-state index in [1.54, 1.807) is 30.3 Å². The van der Waals surface area contributed by atoms with Crippen LogP contribution in [0.2, 0.25) is 0 Å². The Labute approximate surface area is 161 Å². The largest absolute Gasteiger partial charge is 0.491 e. The normalized spacial score (nSPS) is 16.3. The topological polar surface area (TPSA) is 84.9 Å². The third-order valence-corrected chi connectivity index (χ3v) is 4.54. The van der Waals surface area contributed by atoms with Crippen molar-refractivity contribution in [2.75, 3.05) is 13.2 Å². The lowest BCUT2D eigenvalue weighted by Gasteiger charge is -2.14. The Bertz CT molecular complexity index is 846. The van der Waals surface area contributed by atoms with Crippen LogP contribution in [0.5, 0.6) is 11.5 Å². The van der Waals surface area contributed by atoms with Crippen molar-refractivity contribution in [2.45, 2.75) is 13.0 Å². The summed E-state index contributed by atoms with van der Waals surface area (Å²) >= 11 is 0.875. The quantitative estimate of drug-likeness (QED) is 0.713. The fourth-order valence-electron chi connectivity index (χ4n) is 2.30. The zero-order valence-corrected chi connectivity index (χ0v) is 15.5. The van der Waals surface area contributed by atoms with Gasteiger partial charge in [-0.2, -0.15) is 0 Å². The van der Waals surface area contributed by atoms with E-state index in [1.165, 1.54) is 0 Å². The summed E-state index contributed by atoms with van der Waals surface area (Å²) in [6.45, 7) is 2.22. The molecule has 0 unspecified atom stereocenters. The van der Waals surface area contributed by atoms with Gasteiger partial charge in [-0.1, -0.05) is 29.8 Å². The number of aliphatic hydroxyl groups is 1. The summed E-state index contributed by atoms with van der Waals surface area (Å²) in [5.41, 5.74) is 1.92. The summed E-state index contributed by atoms with van der Waals surface area (Å²) in [6, 6.07) is 14.6. The van der Waals surface area contributed by atoms with Gasteiger partial charge >= 0.3 is 0 Å². The number of aryl methyl sites for hydroxylation is 1. The molecule has 2 aromatic rings. The van der Waals surface area contributed by atoms with Crippen LogP contribution < -0.4 is 14.8 Å². The van der Waals surface area contributed by atoms with Crippen LogP contribution in [0, 0.1) is 6.92 Å². The Balaban J connectivity index is 1.47. The van der Waals surface area contributed by atoms with Gasteiger partial charge in [-0.05, 0) is 54.6 Å². The molecule has 1 atom stereocenters. The van der Waals surface area contributed by atoms with Crippen molar-refractivity contribution in [1.82, 2.24) is 5.32 Å². The zero-order chi connectivity index (χ0) is 19.2. The van der Waals surface area contributed by atoms with E-state index in [9.17, 15) is 14.7 Å². The molecule has 1 heterocycles. The van der Waals surface area contributed by atoms with E-state index < -0.39 is 6.10 Å². The van der Waals surface area contributed by atoms with Gasteiger partial charge in [-0.15, -0.1) is 0 Å². The first kappa shape index (κ1) is 19.0. The summed E-state index contributed by atoms with van der Waals surface area (Å²) in [4.78, 5) is 23.0. The van der Waals surface area contributed by atoms with E-state index >= 15 is 0 Å². The van der Waals surface area contributed by atoms with Gasteiger partial charge in [0.15, 0.2) is 0 Å².